The zero-order chi connectivity index (χ0) is 17.1. The number of esters is 1. The number of ether oxygens (including phenoxy) is 1. The molecule has 9 heteroatoms. The van der Waals surface area contributed by atoms with Crippen molar-refractivity contribution in [2.75, 3.05) is 12.4 Å². The molecule has 3 rings (SSSR count). The van der Waals surface area contributed by atoms with Gasteiger partial charge in [-0.25, -0.2) is 9.48 Å². The van der Waals surface area contributed by atoms with E-state index in [9.17, 15) is 9.59 Å². The number of hydrogen-bond acceptors (Lipinski definition) is 7. The molecule has 122 valence electrons. The summed E-state index contributed by atoms with van der Waals surface area (Å²) >= 11 is 0. The number of aromatic nitrogens is 4. The van der Waals surface area contributed by atoms with Crippen molar-refractivity contribution >= 4 is 17.6 Å². The molecule has 0 spiro atoms. The summed E-state index contributed by atoms with van der Waals surface area (Å²) in [4.78, 5) is 23.5. The van der Waals surface area contributed by atoms with Crippen molar-refractivity contribution in [2.24, 2.45) is 0 Å². The predicted octanol–water partition coefficient (Wildman–Crippen LogP) is 1.60. The van der Waals surface area contributed by atoms with E-state index in [2.05, 4.69) is 25.5 Å². The summed E-state index contributed by atoms with van der Waals surface area (Å²) in [6, 6.07) is 8.43. The van der Waals surface area contributed by atoms with Crippen LogP contribution in [0.1, 0.15) is 26.7 Å². The minimum absolute atomic E-state index is 0.0880. The zero-order valence-corrected chi connectivity index (χ0v) is 12.9. The fraction of sp³-hybridized carbons (Fsp3) is 0.133. The van der Waals surface area contributed by atoms with Crippen LogP contribution in [-0.2, 0) is 4.74 Å². The van der Waals surface area contributed by atoms with Gasteiger partial charge in [-0.3, -0.25) is 4.79 Å². The van der Waals surface area contributed by atoms with E-state index < -0.39 is 11.9 Å². The Morgan fingerprint density at radius 3 is 2.79 bits per heavy atom. The average molecular weight is 327 g/mol. The summed E-state index contributed by atoms with van der Waals surface area (Å²) in [5, 5.41) is 14.0. The lowest BCUT2D eigenvalue weighted by Crippen LogP contribution is -2.12. The van der Waals surface area contributed by atoms with E-state index in [-0.39, 0.29) is 11.4 Å². The van der Waals surface area contributed by atoms with Crippen LogP contribution in [0.2, 0.25) is 0 Å². The number of carbonyl (C=O) groups is 2. The smallest absolute Gasteiger partial charge is 0.360 e. The number of carbonyl (C=O) groups excluding carboxylic acids is 2. The monoisotopic (exact) mass is 327 g/mol. The maximum absolute atomic E-state index is 12.1. The summed E-state index contributed by atoms with van der Waals surface area (Å²) in [6.45, 7) is 1.70. The van der Waals surface area contributed by atoms with Crippen LogP contribution in [0.15, 0.2) is 41.1 Å². The van der Waals surface area contributed by atoms with Crippen LogP contribution in [0, 0.1) is 6.92 Å². The van der Waals surface area contributed by atoms with Crippen LogP contribution in [0.3, 0.4) is 0 Å². The Labute approximate surface area is 136 Å². The first-order valence-corrected chi connectivity index (χ1v) is 6.92. The number of amides is 1. The summed E-state index contributed by atoms with van der Waals surface area (Å²) in [6.07, 6.45) is 1.44. The third kappa shape index (κ3) is 3.14. The molecule has 0 saturated heterocycles. The molecule has 24 heavy (non-hydrogen) atoms. The number of nitrogens with zero attached hydrogens (tertiary/aromatic N) is 4. The molecule has 0 aliphatic heterocycles. The molecule has 0 fully saturated rings. The predicted molar refractivity (Wildman–Crippen MR) is 81.9 cm³/mol. The second-order valence-corrected chi connectivity index (χ2v) is 4.87. The van der Waals surface area contributed by atoms with Gasteiger partial charge >= 0.3 is 5.97 Å². The van der Waals surface area contributed by atoms with Crippen molar-refractivity contribution < 1.29 is 18.8 Å². The lowest BCUT2D eigenvalue weighted by atomic mass is 10.2. The summed E-state index contributed by atoms with van der Waals surface area (Å²) in [5.74, 6) is -0.420. The second kappa shape index (κ2) is 6.32. The second-order valence-electron chi connectivity index (χ2n) is 4.87. The molecule has 0 saturated carbocycles. The van der Waals surface area contributed by atoms with Crippen molar-refractivity contribution in [3.63, 3.8) is 0 Å². The molecule has 0 radical (unpaired) electrons. The van der Waals surface area contributed by atoms with Crippen LogP contribution in [0.4, 0.5) is 5.69 Å². The van der Waals surface area contributed by atoms with Crippen molar-refractivity contribution in [1.29, 1.82) is 0 Å². The van der Waals surface area contributed by atoms with Gasteiger partial charge in [0.05, 0.1) is 19.0 Å². The first kappa shape index (κ1) is 15.4. The normalized spacial score (nSPS) is 10.4. The average Bonchev–Trinajstić information content (AvgIpc) is 3.23. The van der Waals surface area contributed by atoms with Crippen LogP contribution in [0.5, 0.6) is 0 Å². The van der Waals surface area contributed by atoms with Crippen LogP contribution in [0.25, 0.3) is 5.69 Å². The number of hydrogen-bond donors (Lipinski definition) is 1. The first-order valence-electron chi connectivity index (χ1n) is 6.92. The van der Waals surface area contributed by atoms with Gasteiger partial charge < -0.3 is 14.6 Å². The molecule has 0 aliphatic carbocycles. The molecule has 1 aromatic carbocycles. The minimum atomic E-state index is -0.577. The van der Waals surface area contributed by atoms with Crippen molar-refractivity contribution in [3.05, 3.63) is 53.7 Å². The summed E-state index contributed by atoms with van der Waals surface area (Å²) < 4.78 is 10.9. The highest BCUT2D eigenvalue weighted by atomic mass is 16.5. The van der Waals surface area contributed by atoms with Gasteiger partial charge in [-0.05, 0) is 25.1 Å². The molecule has 0 unspecified atom stereocenters. The number of rotatable bonds is 4. The molecule has 0 aliphatic rings. The molecule has 2 heterocycles. The van der Waals surface area contributed by atoms with Gasteiger partial charge in [-0.15, -0.1) is 5.10 Å². The maximum Gasteiger partial charge on any atom is 0.360 e. The number of methoxy groups -OCH3 is 1. The lowest BCUT2D eigenvalue weighted by molar-refractivity contribution is 0.0593. The third-order valence-electron chi connectivity index (χ3n) is 3.12. The minimum Gasteiger partial charge on any atom is -0.464 e. The van der Waals surface area contributed by atoms with E-state index in [0.717, 1.165) is 0 Å². The van der Waals surface area contributed by atoms with Gasteiger partial charge in [0.1, 0.15) is 5.76 Å². The summed E-state index contributed by atoms with van der Waals surface area (Å²) in [5.41, 5.74) is 1.43. The standard InChI is InChI=1S/C15H13N5O4/c1-9-6-12(18-24-9)14(21)16-10-4-3-5-11(7-10)20-8-13(17-19-20)15(22)23-2/h3-8H,1-2H3,(H,16,21). The molecule has 2 aromatic heterocycles. The Morgan fingerprint density at radius 2 is 2.08 bits per heavy atom. The largest absolute Gasteiger partial charge is 0.464 e. The van der Waals surface area contributed by atoms with Gasteiger partial charge in [0.25, 0.3) is 5.91 Å². The van der Waals surface area contributed by atoms with Crippen LogP contribution in [-0.4, -0.2) is 39.1 Å². The zero-order valence-electron chi connectivity index (χ0n) is 12.9. The molecule has 1 N–H and O–H groups in total. The quantitative estimate of drug-likeness (QED) is 0.724. The van der Waals surface area contributed by atoms with Crippen LogP contribution < -0.4 is 5.32 Å². The van der Waals surface area contributed by atoms with E-state index in [1.54, 1.807) is 37.3 Å². The van der Waals surface area contributed by atoms with E-state index in [0.29, 0.717) is 17.1 Å². The fourth-order valence-electron chi connectivity index (χ4n) is 1.98. The number of aryl methyl sites for hydroxylation is 1. The number of benzene rings is 1. The van der Waals surface area contributed by atoms with Crippen molar-refractivity contribution in [2.45, 2.75) is 6.92 Å². The maximum atomic E-state index is 12.1. The van der Waals surface area contributed by atoms with Gasteiger partial charge in [-0.1, -0.05) is 16.4 Å². The first-order chi connectivity index (χ1) is 11.6. The Morgan fingerprint density at radius 1 is 1.25 bits per heavy atom. The molecular formula is C15H13N5O4. The SMILES string of the molecule is COC(=O)c1cn(-c2cccc(NC(=O)c3cc(C)on3)c2)nn1. The summed E-state index contributed by atoms with van der Waals surface area (Å²) in [7, 11) is 1.27. The Bertz CT molecular complexity index is 899. The molecule has 0 atom stereocenters. The number of nitrogens with one attached hydrogen (secondary N) is 1. The van der Waals surface area contributed by atoms with Crippen molar-refractivity contribution in [1.82, 2.24) is 20.2 Å². The van der Waals surface area contributed by atoms with Crippen LogP contribution >= 0.6 is 0 Å². The van der Waals surface area contributed by atoms with Gasteiger partial charge in [0.15, 0.2) is 11.4 Å². The highest BCUT2D eigenvalue weighted by Crippen LogP contribution is 2.15. The van der Waals surface area contributed by atoms with Gasteiger partial charge in [-0.2, -0.15) is 0 Å². The van der Waals surface area contributed by atoms with E-state index in [4.69, 9.17) is 4.52 Å². The third-order valence-corrected chi connectivity index (χ3v) is 3.12. The Kier molecular flexibility index (Phi) is 4.06. The van der Waals surface area contributed by atoms with E-state index in [1.165, 1.54) is 18.0 Å². The molecule has 9 nitrogen and oxygen atoms in total. The molecule has 1 amide bonds. The van der Waals surface area contributed by atoms with E-state index >= 15 is 0 Å². The molecule has 0 bridgehead atoms. The van der Waals surface area contributed by atoms with Crippen molar-refractivity contribution in [3.8, 4) is 5.69 Å². The highest BCUT2D eigenvalue weighted by Gasteiger charge is 2.13. The molecular weight excluding hydrogens is 314 g/mol. The van der Waals surface area contributed by atoms with E-state index in [1.807, 2.05) is 0 Å². The number of anilines is 1. The Balaban J connectivity index is 1.80. The van der Waals surface area contributed by atoms with Gasteiger partial charge in [0, 0.05) is 11.8 Å². The highest BCUT2D eigenvalue weighted by molar-refractivity contribution is 6.02. The van der Waals surface area contributed by atoms with Gasteiger partial charge in [0.2, 0.25) is 0 Å². The molecule has 3 aromatic rings. The Hall–Kier alpha value is -3.49. The lowest BCUT2D eigenvalue weighted by Gasteiger charge is -2.05. The topological polar surface area (TPSA) is 112 Å². The fourth-order valence-corrected chi connectivity index (χ4v) is 1.98.